The van der Waals surface area contributed by atoms with Crippen molar-refractivity contribution in [3.05, 3.63) is 29.3 Å². The van der Waals surface area contributed by atoms with Crippen LogP contribution in [-0.4, -0.2) is 16.6 Å². The standard InChI is InChI=1S/C15H23NO2/c1-5-15(6-2,7-3)16-14(18)12-8-9-13(17)11(4)10-12/h8-10,17H,5-7H2,1-4H3,(H,16,18). The first-order valence-corrected chi connectivity index (χ1v) is 6.60. The predicted molar refractivity (Wildman–Crippen MR) is 73.9 cm³/mol. The van der Waals surface area contributed by atoms with Crippen molar-refractivity contribution < 1.29 is 9.90 Å². The average Bonchev–Trinajstić information content (AvgIpc) is 2.39. The van der Waals surface area contributed by atoms with Crippen molar-refractivity contribution in [2.75, 3.05) is 0 Å². The molecule has 1 amide bonds. The van der Waals surface area contributed by atoms with Crippen LogP contribution in [0.25, 0.3) is 0 Å². The summed E-state index contributed by atoms with van der Waals surface area (Å²) in [5.41, 5.74) is 1.20. The normalized spacial score (nSPS) is 11.3. The number of hydrogen-bond donors (Lipinski definition) is 2. The molecule has 1 rings (SSSR count). The van der Waals surface area contributed by atoms with E-state index in [1.54, 1.807) is 25.1 Å². The highest BCUT2D eigenvalue weighted by molar-refractivity contribution is 5.95. The Morgan fingerprint density at radius 3 is 2.22 bits per heavy atom. The van der Waals surface area contributed by atoms with Crippen LogP contribution in [0.2, 0.25) is 0 Å². The molecule has 18 heavy (non-hydrogen) atoms. The molecule has 100 valence electrons. The van der Waals surface area contributed by atoms with Gasteiger partial charge >= 0.3 is 0 Å². The van der Waals surface area contributed by atoms with E-state index < -0.39 is 0 Å². The molecular weight excluding hydrogens is 226 g/mol. The quantitative estimate of drug-likeness (QED) is 0.840. The van der Waals surface area contributed by atoms with Gasteiger partial charge in [-0.05, 0) is 49.9 Å². The van der Waals surface area contributed by atoms with Crippen molar-refractivity contribution in [2.24, 2.45) is 0 Å². The van der Waals surface area contributed by atoms with E-state index in [4.69, 9.17) is 0 Å². The van der Waals surface area contributed by atoms with Crippen LogP contribution in [0.15, 0.2) is 18.2 Å². The van der Waals surface area contributed by atoms with Crippen molar-refractivity contribution in [3.63, 3.8) is 0 Å². The van der Waals surface area contributed by atoms with Crippen LogP contribution in [0, 0.1) is 6.92 Å². The van der Waals surface area contributed by atoms with Crippen LogP contribution in [0.4, 0.5) is 0 Å². The van der Waals surface area contributed by atoms with E-state index in [2.05, 4.69) is 26.1 Å². The third kappa shape index (κ3) is 3.03. The number of amides is 1. The van der Waals surface area contributed by atoms with Gasteiger partial charge in [0.05, 0.1) is 0 Å². The van der Waals surface area contributed by atoms with E-state index in [1.807, 2.05) is 0 Å². The molecule has 0 radical (unpaired) electrons. The molecule has 0 saturated carbocycles. The molecule has 0 atom stereocenters. The van der Waals surface area contributed by atoms with Crippen LogP contribution in [0.3, 0.4) is 0 Å². The van der Waals surface area contributed by atoms with Gasteiger partial charge in [0.2, 0.25) is 0 Å². The van der Waals surface area contributed by atoms with E-state index >= 15 is 0 Å². The Bertz CT molecular complexity index is 414. The summed E-state index contributed by atoms with van der Waals surface area (Å²) in [5.74, 6) is 0.155. The monoisotopic (exact) mass is 249 g/mol. The molecule has 0 aliphatic rings. The second kappa shape index (κ2) is 5.89. The van der Waals surface area contributed by atoms with E-state index in [-0.39, 0.29) is 17.2 Å². The predicted octanol–water partition coefficient (Wildman–Crippen LogP) is 3.40. The number of carbonyl (C=O) groups is 1. The Morgan fingerprint density at radius 1 is 1.22 bits per heavy atom. The molecule has 0 unspecified atom stereocenters. The summed E-state index contributed by atoms with van der Waals surface area (Å²) in [4.78, 5) is 12.2. The Morgan fingerprint density at radius 2 is 1.78 bits per heavy atom. The molecule has 1 aromatic carbocycles. The SMILES string of the molecule is CCC(CC)(CC)NC(=O)c1ccc(O)c(C)c1. The number of phenolic OH excluding ortho intramolecular Hbond substituents is 1. The van der Waals surface area contributed by atoms with Crippen molar-refractivity contribution in [1.29, 1.82) is 0 Å². The number of aryl methyl sites for hydroxylation is 1. The van der Waals surface area contributed by atoms with Crippen LogP contribution >= 0.6 is 0 Å². The molecular formula is C15H23NO2. The molecule has 1 aromatic rings. The Kier molecular flexibility index (Phi) is 4.76. The maximum atomic E-state index is 12.2. The van der Waals surface area contributed by atoms with Crippen LogP contribution < -0.4 is 5.32 Å². The minimum absolute atomic E-state index is 0.0661. The first-order chi connectivity index (χ1) is 8.48. The summed E-state index contributed by atoms with van der Waals surface area (Å²) in [6.45, 7) is 8.07. The highest BCUT2D eigenvalue weighted by atomic mass is 16.3. The van der Waals surface area contributed by atoms with Gasteiger partial charge in [0.25, 0.3) is 5.91 Å². The van der Waals surface area contributed by atoms with Gasteiger partial charge in [-0.25, -0.2) is 0 Å². The maximum Gasteiger partial charge on any atom is 0.251 e. The summed E-state index contributed by atoms with van der Waals surface area (Å²) < 4.78 is 0. The van der Waals surface area contributed by atoms with E-state index in [9.17, 15) is 9.90 Å². The lowest BCUT2D eigenvalue weighted by atomic mass is 9.89. The summed E-state index contributed by atoms with van der Waals surface area (Å²) in [6.07, 6.45) is 2.76. The molecule has 0 aliphatic carbocycles. The number of hydrogen-bond acceptors (Lipinski definition) is 2. The van der Waals surface area contributed by atoms with E-state index in [0.717, 1.165) is 24.8 Å². The van der Waals surface area contributed by atoms with Crippen LogP contribution in [0.5, 0.6) is 5.75 Å². The smallest absolute Gasteiger partial charge is 0.251 e. The van der Waals surface area contributed by atoms with Crippen molar-refractivity contribution >= 4 is 5.91 Å². The summed E-state index contributed by atoms with van der Waals surface area (Å²) in [7, 11) is 0. The Hall–Kier alpha value is -1.51. The van der Waals surface area contributed by atoms with E-state index in [0.29, 0.717) is 5.56 Å². The van der Waals surface area contributed by atoms with Crippen LogP contribution in [0.1, 0.15) is 56.0 Å². The molecule has 0 aliphatic heterocycles. The maximum absolute atomic E-state index is 12.2. The zero-order valence-corrected chi connectivity index (χ0v) is 11.7. The first kappa shape index (κ1) is 14.6. The second-order valence-electron chi connectivity index (χ2n) is 4.80. The average molecular weight is 249 g/mol. The highest BCUT2D eigenvalue weighted by Crippen LogP contribution is 2.21. The zero-order valence-electron chi connectivity index (χ0n) is 11.7. The Labute approximate surface area is 109 Å². The number of phenols is 1. The van der Waals surface area contributed by atoms with E-state index in [1.165, 1.54) is 0 Å². The van der Waals surface area contributed by atoms with Gasteiger partial charge < -0.3 is 10.4 Å². The van der Waals surface area contributed by atoms with Crippen molar-refractivity contribution in [1.82, 2.24) is 5.32 Å². The lowest BCUT2D eigenvalue weighted by molar-refractivity contribution is 0.0888. The summed E-state index contributed by atoms with van der Waals surface area (Å²) >= 11 is 0. The van der Waals surface area contributed by atoms with Crippen molar-refractivity contribution in [3.8, 4) is 5.75 Å². The fourth-order valence-corrected chi connectivity index (χ4v) is 2.12. The van der Waals surface area contributed by atoms with Gasteiger partial charge in [-0.3, -0.25) is 4.79 Å². The lowest BCUT2D eigenvalue weighted by Gasteiger charge is -2.31. The minimum atomic E-state index is -0.122. The van der Waals surface area contributed by atoms with Gasteiger partial charge in [-0.1, -0.05) is 20.8 Å². The summed E-state index contributed by atoms with van der Waals surface area (Å²) in [5, 5.41) is 12.6. The topological polar surface area (TPSA) is 49.3 Å². The van der Waals surface area contributed by atoms with Crippen molar-refractivity contribution in [2.45, 2.75) is 52.5 Å². The van der Waals surface area contributed by atoms with Crippen LogP contribution in [-0.2, 0) is 0 Å². The third-order valence-electron chi connectivity index (χ3n) is 3.87. The fraction of sp³-hybridized carbons (Fsp3) is 0.533. The van der Waals surface area contributed by atoms with Gasteiger partial charge in [-0.15, -0.1) is 0 Å². The van der Waals surface area contributed by atoms with Gasteiger partial charge in [-0.2, -0.15) is 0 Å². The number of benzene rings is 1. The number of aromatic hydroxyl groups is 1. The molecule has 0 heterocycles. The molecule has 0 fully saturated rings. The second-order valence-corrected chi connectivity index (χ2v) is 4.80. The highest BCUT2D eigenvalue weighted by Gasteiger charge is 2.26. The molecule has 2 N–H and O–H groups in total. The zero-order chi connectivity index (χ0) is 13.8. The lowest BCUT2D eigenvalue weighted by Crippen LogP contribution is -2.47. The van der Waals surface area contributed by atoms with Gasteiger partial charge in [0.1, 0.15) is 5.75 Å². The fourth-order valence-electron chi connectivity index (χ4n) is 2.12. The first-order valence-electron chi connectivity index (χ1n) is 6.60. The molecule has 0 aromatic heterocycles. The number of rotatable bonds is 5. The third-order valence-corrected chi connectivity index (χ3v) is 3.87. The molecule has 0 saturated heterocycles. The summed E-state index contributed by atoms with van der Waals surface area (Å²) in [6, 6.07) is 4.94. The van der Waals surface area contributed by atoms with Gasteiger partial charge in [0.15, 0.2) is 0 Å². The molecule has 0 spiro atoms. The molecule has 3 heteroatoms. The number of nitrogens with one attached hydrogen (secondary N) is 1. The Balaban J connectivity index is 2.90. The molecule has 3 nitrogen and oxygen atoms in total. The van der Waals surface area contributed by atoms with Gasteiger partial charge in [0, 0.05) is 11.1 Å². The minimum Gasteiger partial charge on any atom is -0.508 e. The largest absolute Gasteiger partial charge is 0.508 e. The molecule has 0 bridgehead atoms. The number of carbonyl (C=O) groups excluding carboxylic acids is 1.